The van der Waals surface area contributed by atoms with Gasteiger partial charge in [0.05, 0.1) is 27.9 Å². The molecule has 2 rings (SSSR count). The Morgan fingerprint density at radius 3 is 2.35 bits per heavy atom. The van der Waals surface area contributed by atoms with Gasteiger partial charge >= 0.3 is 5.97 Å². The highest BCUT2D eigenvalue weighted by molar-refractivity contribution is 5.80. The number of nitrogens with zero attached hydrogens (tertiary/aromatic N) is 1. The number of benzene rings is 1. The van der Waals surface area contributed by atoms with E-state index in [4.69, 9.17) is 14.2 Å². The maximum Gasteiger partial charge on any atom is 0.320 e. The van der Waals surface area contributed by atoms with Crippen LogP contribution in [0.4, 0.5) is 0 Å². The van der Waals surface area contributed by atoms with Gasteiger partial charge in [-0.2, -0.15) is 0 Å². The zero-order valence-corrected chi connectivity index (χ0v) is 15.4. The summed E-state index contributed by atoms with van der Waals surface area (Å²) in [5, 5.41) is 12.1. The zero-order chi connectivity index (χ0) is 19.1. The molecule has 8 heteroatoms. The van der Waals surface area contributed by atoms with E-state index >= 15 is 0 Å². The second-order valence-electron chi connectivity index (χ2n) is 6.13. The van der Waals surface area contributed by atoms with Crippen LogP contribution < -0.4 is 19.5 Å². The van der Waals surface area contributed by atoms with Crippen molar-refractivity contribution in [1.29, 1.82) is 0 Å². The Bertz CT molecular complexity index is 624. The first-order valence-electron chi connectivity index (χ1n) is 8.52. The normalized spacial score (nSPS) is 17.4. The minimum Gasteiger partial charge on any atom is -0.493 e. The van der Waals surface area contributed by atoms with Crippen LogP contribution >= 0.6 is 0 Å². The molecule has 26 heavy (non-hydrogen) atoms. The van der Waals surface area contributed by atoms with Gasteiger partial charge in [0.15, 0.2) is 11.5 Å². The number of hydrogen-bond acceptors (Lipinski definition) is 6. The first-order valence-corrected chi connectivity index (χ1v) is 8.52. The Morgan fingerprint density at radius 1 is 1.15 bits per heavy atom. The van der Waals surface area contributed by atoms with E-state index in [1.807, 2.05) is 0 Å². The highest BCUT2D eigenvalue weighted by Crippen LogP contribution is 2.38. The molecule has 0 bridgehead atoms. The lowest BCUT2D eigenvalue weighted by Gasteiger charge is -2.32. The molecule has 1 fully saturated rings. The predicted octanol–water partition coefficient (Wildman–Crippen LogP) is 1.27. The number of nitrogens with one attached hydrogen (secondary N) is 1. The second-order valence-corrected chi connectivity index (χ2v) is 6.13. The minimum absolute atomic E-state index is 0.0708. The average Bonchev–Trinajstić information content (AvgIpc) is 2.65. The summed E-state index contributed by atoms with van der Waals surface area (Å²) in [6, 6.07) is 2.95. The van der Waals surface area contributed by atoms with Crippen LogP contribution in [0.3, 0.4) is 0 Å². The molecule has 0 saturated carbocycles. The van der Waals surface area contributed by atoms with Gasteiger partial charge in [-0.25, -0.2) is 0 Å². The summed E-state index contributed by atoms with van der Waals surface area (Å²) in [5.74, 6) is 0.424. The van der Waals surface area contributed by atoms with E-state index in [9.17, 15) is 14.7 Å². The molecule has 144 valence electrons. The van der Waals surface area contributed by atoms with Crippen LogP contribution in [0.2, 0.25) is 0 Å². The lowest BCUT2D eigenvalue weighted by atomic mass is 10.0. The van der Waals surface area contributed by atoms with Crippen molar-refractivity contribution < 1.29 is 28.9 Å². The molecule has 1 unspecified atom stereocenters. The van der Waals surface area contributed by atoms with E-state index in [0.717, 1.165) is 18.4 Å². The molecule has 1 aliphatic rings. The summed E-state index contributed by atoms with van der Waals surface area (Å²) < 4.78 is 15.9. The maximum atomic E-state index is 12.3. The summed E-state index contributed by atoms with van der Waals surface area (Å²) in [5.41, 5.74) is 0.793. The third-order valence-corrected chi connectivity index (χ3v) is 4.46. The number of carboxylic acids is 1. The van der Waals surface area contributed by atoms with Crippen LogP contribution in [-0.2, 0) is 16.1 Å². The molecule has 1 heterocycles. The predicted molar refractivity (Wildman–Crippen MR) is 94.8 cm³/mol. The van der Waals surface area contributed by atoms with E-state index in [-0.39, 0.29) is 19.0 Å². The fourth-order valence-electron chi connectivity index (χ4n) is 3.14. The molecular formula is C18H26N2O6. The molecular weight excluding hydrogens is 340 g/mol. The summed E-state index contributed by atoms with van der Waals surface area (Å²) >= 11 is 0. The number of carbonyl (C=O) groups excluding carboxylic acids is 1. The fourth-order valence-corrected chi connectivity index (χ4v) is 3.14. The van der Waals surface area contributed by atoms with Crippen LogP contribution in [0.25, 0.3) is 0 Å². The lowest BCUT2D eigenvalue weighted by molar-refractivity contribution is -0.145. The SMILES string of the molecule is COc1cc(CNC(=O)CN2CCCCC2C(=O)O)cc(OC)c1OC. The van der Waals surface area contributed by atoms with Crippen molar-refractivity contribution in [1.82, 2.24) is 10.2 Å². The molecule has 1 aromatic rings. The Hall–Kier alpha value is -2.48. The lowest BCUT2D eigenvalue weighted by Crippen LogP contribution is -2.48. The zero-order valence-electron chi connectivity index (χ0n) is 15.4. The number of hydrogen-bond donors (Lipinski definition) is 2. The summed E-state index contributed by atoms with van der Waals surface area (Å²) in [4.78, 5) is 25.3. The van der Waals surface area contributed by atoms with E-state index in [1.54, 1.807) is 17.0 Å². The van der Waals surface area contributed by atoms with Crippen LogP contribution in [0.5, 0.6) is 17.2 Å². The highest BCUT2D eigenvalue weighted by atomic mass is 16.5. The second kappa shape index (κ2) is 9.28. The fraction of sp³-hybridized carbons (Fsp3) is 0.556. The molecule has 1 amide bonds. The van der Waals surface area contributed by atoms with Crippen molar-refractivity contribution in [2.75, 3.05) is 34.4 Å². The molecule has 0 spiro atoms. The van der Waals surface area contributed by atoms with Gasteiger partial charge in [0.1, 0.15) is 6.04 Å². The monoisotopic (exact) mass is 366 g/mol. The molecule has 1 aromatic carbocycles. The standard InChI is InChI=1S/C18H26N2O6/c1-24-14-8-12(9-15(25-2)17(14)26-3)10-19-16(21)11-20-7-5-4-6-13(20)18(22)23/h8-9,13H,4-7,10-11H2,1-3H3,(H,19,21)(H,22,23). The minimum atomic E-state index is -0.873. The van der Waals surface area contributed by atoms with Gasteiger partial charge < -0.3 is 24.6 Å². The van der Waals surface area contributed by atoms with E-state index in [0.29, 0.717) is 30.2 Å². The molecule has 8 nitrogen and oxygen atoms in total. The number of amides is 1. The van der Waals surface area contributed by atoms with Crippen LogP contribution in [0.1, 0.15) is 24.8 Å². The van der Waals surface area contributed by atoms with Crippen LogP contribution in [0, 0.1) is 0 Å². The van der Waals surface area contributed by atoms with Gasteiger partial charge in [-0.1, -0.05) is 6.42 Å². The number of ether oxygens (including phenoxy) is 3. The van der Waals surface area contributed by atoms with Crippen LogP contribution in [0.15, 0.2) is 12.1 Å². The van der Waals surface area contributed by atoms with Gasteiger partial charge in [0, 0.05) is 6.54 Å². The number of carboxylic acid groups (broad SMARTS) is 1. The van der Waals surface area contributed by atoms with Gasteiger partial charge in [-0.15, -0.1) is 0 Å². The van der Waals surface area contributed by atoms with E-state index < -0.39 is 12.0 Å². The van der Waals surface area contributed by atoms with Gasteiger partial charge in [-0.05, 0) is 37.1 Å². The smallest absolute Gasteiger partial charge is 0.320 e. The van der Waals surface area contributed by atoms with E-state index in [2.05, 4.69) is 5.32 Å². The molecule has 0 aliphatic carbocycles. The highest BCUT2D eigenvalue weighted by Gasteiger charge is 2.29. The van der Waals surface area contributed by atoms with Crippen molar-refractivity contribution in [3.8, 4) is 17.2 Å². The maximum absolute atomic E-state index is 12.3. The third kappa shape index (κ3) is 4.78. The number of methoxy groups -OCH3 is 3. The number of aliphatic carboxylic acids is 1. The van der Waals surface area contributed by atoms with E-state index in [1.165, 1.54) is 21.3 Å². The number of rotatable bonds is 8. The average molecular weight is 366 g/mol. The molecule has 1 aliphatic heterocycles. The Morgan fingerprint density at radius 2 is 1.81 bits per heavy atom. The van der Waals surface area contributed by atoms with Gasteiger partial charge in [0.2, 0.25) is 11.7 Å². The Balaban J connectivity index is 1.99. The summed E-state index contributed by atoms with van der Waals surface area (Å²) in [6.07, 6.45) is 2.36. The third-order valence-electron chi connectivity index (χ3n) is 4.46. The Labute approximate surface area is 153 Å². The summed E-state index contributed by atoms with van der Waals surface area (Å²) in [6.45, 7) is 0.969. The van der Waals surface area contributed by atoms with Gasteiger partial charge in [0.25, 0.3) is 0 Å². The van der Waals surface area contributed by atoms with Crippen molar-refractivity contribution in [2.24, 2.45) is 0 Å². The van der Waals surface area contributed by atoms with Gasteiger partial charge in [-0.3, -0.25) is 14.5 Å². The first kappa shape index (κ1) is 19.8. The molecule has 0 radical (unpaired) electrons. The molecule has 1 atom stereocenters. The number of piperidine rings is 1. The topological polar surface area (TPSA) is 97.3 Å². The summed E-state index contributed by atoms with van der Waals surface area (Å²) in [7, 11) is 4.59. The Kier molecular flexibility index (Phi) is 7.08. The molecule has 0 aromatic heterocycles. The number of carbonyl (C=O) groups is 2. The largest absolute Gasteiger partial charge is 0.493 e. The van der Waals surface area contributed by atoms with Crippen molar-refractivity contribution in [3.63, 3.8) is 0 Å². The van der Waals surface area contributed by atoms with Crippen molar-refractivity contribution in [2.45, 2.75) is 31.8 Å². The molecule has 1 saturated heterocycles. The molecule has 2 N–H and O–H groups in total. The van der Waals surface area contributed by atoms with Crippen molar-refractivity contribution >= 4 is 11.9 Å². The first-order chi connectivity index (χ1) is 12.5. The van der Waals surface area contributed by atoms with Crippen LogP contribution in [-0.4, -0.2) is 62.3 Å². The number of likely N-dealkylation sites (tertiary alicyclic amines) is 1. The quantitative estimate of drug-likeness (QED) is 0.715. The van der Waals surface area contributed by atoms with Crippen molar-refractivity contribution in [3.05, 3.63) is 17.7 Å².